The predicted octanol–water partition coefficient (Wildman–Crippen LogP) is 4.16. The maximum Gasteiger partial charge on any atom is 0.0933 e. The molecule has 1 aromatic heterocycles. The molecular weight excluding hydrogens is 308 g/mol. The Morgan fingerprint density at radius 2 is 2.22 bits per heavy atom. The Hall–Kier alpha value is -0.710. The number of aryl methyl sites for hydroxylation is 2. The highest BCUT2D eigenvalue weighted by Crippen LogP contribution is 2.28. The molecule has 18 heavy (non-hydrogen) atoms. The molecule has 2 rings (SSSR count). The molecule has 0 aliphatic carbocycles. The Morgan fingerprint density at radius 3 is 2.94 bits per heavy atom. The van der Waals surface area contributed by atoms with E-state index in [1.54, 1.807) is 11.3 Å². The van der Waals surface area contributed by atoms with Crippen molar-refractivity contribution in [1.29, 1.82) is 0 Å². The van der Waals surface area contributed by atoms with Crippen molar-refractivity contribution in [1.82, 2.24) is 4.98 Å². The van der Waals surface area contributed by atoms with Gasteiger partial charge >= 0.3 is 0 Å². The number of nitrogens with zero attached hydrogens (tertiary/aromatic N) is 1. The summed E-state index contributed by atoms with van der Waals surface area (Å²) >= 11 is 5.23. The van der Waals surface area contributed by atoms with Crippen molar-refractivity contribution in [3.05, 3.63) is 38.6 Å². The van der Waals surface area contributed by atoms with Crippen LogP contribution in [-0.2, 0) is 6.42 Å². The van der Waals surface area contributed by atoms with Crippen molar-refractivity contribution < 1.29 is 0 Å². The van der Waals surface area contributed by atoms with Gasteiger partial charge in [0.05, 0.1) is 10.7 Å². The van der Waals surface area contributed by atoms with E-state index in [1.165, 1.54) is 16.1 Å². The van der Waals surface area contributed by atoms with E-state index in [-0.39, 0.29) is 6.04 Å². The molecule has 1 heterocycles. The van der Waals surface area contributed by atoms with Crippen LogP contribution < -0.4 is 5.73 Å². The Balaban J connectivity index is 2.21. The van der Waals surface area contributed by atoms with Crippen LogP contribution in [0.25, 0.3) is 11.3 Å². The van der Waals surface area contributed by atoms with E-state index in [2.05, 4.69) is 46.4 Å². The molecule has 0 amide bonds. The number of aromatic nitrogens is 1. The minimum atomic E-state index is 0.241. The van der Waals surface area contributed by atoms with Crippen LogP contribution in [0.4, 0.5) is 0 Å². The molecule has 0 aliphatic rings. The third kappa shape index (κ3) is 3.40. The number of hydrogen-bond acceptors (Lipinski definition) is 3. The lowest BCUT2D eigenvalue weighted by atomic mass is 10.1. The van der Waals surface area contributed by atoms with Crippen molar-refractivity contribution >= 4 is 27.3 Å². The Labute approximate surface area is 120 Å². The van der Waals surface area contributed by atoms with E-state index in [4.69, 9.17) is 10.7 Å². The Morgan fingerprint density at radius 1 is 1.44 bits per heavy atom. The molecule has 0 aliphatic heterocycles. The Kier molecular flexibility index (Phi) is 4.54. The van der Waals surface area contributed by atoms with Gasteiger partial charge in [-0.25, -0.2) is 4.98 Å². The van der Waals surface area contributed by atoms with Crippen LogP contribution in [0, 0.1) is 6.92 Å². The van der Waals surface area contributed by atoms with Gasteiger partial charge in [-0.3, -0.25) is 0 Å². The van der Waals surface area contributed by atoms with Gasteiger partial charge in [0.15, 0.2) is 0 Å². The molecule has 0 saturated carbocycles. The average molecular weight is 325 g/mol. The van der Waals surface area contributed by atoms with Gasteiger partial charge in [-0.15, -0.1) is 11.3 Å². The minimum absolute atomic E-state index is 0.241. The first-order valence-corrected chi connectivity index (χ1v) is 7.70. The third-order valence-electron chi connectivity index (χ3n) is 2.84. The van der Waals surface area contributed by atoms with Crippen LogP contribution in [0.5, 0.6) is 0 Å². The largest absolute Gasteiger partial charge is 0.328 e. The zero-order valence-corrected chi connectivity index (χ0v) is 13.0. The van der Waals surface area contributed by atoms with E-state index in [0.717, 1.165) is 23.0 Å². The summed E-state index contributed by atoms with van der Waals surface area (Å²) < 4.78 is 1.09. The van der Waals surface area contributed by atoms with Gasteiger partial charge in [0.2, 0.25) is 0 Å². The highest BCUT2D eigenvalue weighted by Gasteiger charge is 2.08. The van der Waals surface area contributed by atoms with Crippen LogP contribution in [-0.4, -0.2) is 11.0 Å². The third-order valence-corrected chi connectivity index (χ3v) is 4.24. The van der Waals surface area contributed by atoms with Crippen LogP contribution in [0.1, 0.15) is 23.9 Å². The number of rotatable bonds is 4. The SMILES string of the molecule is Cc1ccc(Br)cc1-c1csc(CCC(C)N)n1. The monoisotopic (exact) mass is 324 g/mol. The summed E-state index contributed by atoms with van der Waals surface area (Å²) in [5, 5.41) is 3.30. The maximum atomic E-state index is 5.77. The molecule has 1 unspecified atom stereocenters. The summed E-state index contributed by atoms with van der Waals surface area (Å²) in [6.45, 7) is 4.15. The summed E-state index contributed by atoms with van der Waals surface area (Å²) in [5.41, 5.74) is 9.29. The fourth-order valence-corrected chi connectivity index (χ4v) is 2.95. The summed E-state index contributed by atoms with van der Waals surface area (Å²) in [4.78, 5) is 4.70. The fourth-order valence-electron chi connectivity index (χ4n) is 1.77. The number of benzene rings is 1. The zero-order valence-electron chi connectivity index (χ0n) is 10.6. The smallest absolute Gasteiger partial charge is 0.0933 e. The highest BCUT2D eigenvalue weighted by molar-refractivity contribution is 9.10. The van der Waals surface area contributed by atoms with Crippen molar-refractivity contribution in [2.75, 3.05) is 0 Å². The lowest BCUT2D eigenvalue weighted by molar-refractivity contribution is 0.664. The normalized spacial score (nSPS) is 12.7. The fraction of sp³-hybridized carbons (Fsp3) is 0.357. The van der Waals surface area contributed by atoms with Gasteiger partial charge < -0.3 is 5.73 Å². The lowest BCUT2D eigenvalue weighted by Crippen LogP contribution is -2.15. The molecule has 1 atom stereocenters. The highest BCUT2D eigenvalue weighted by atomic mass is 79.9. The van der Waals surface area contributed by atoms with Gasteiger partial charge in [-0.1, -0.05) is 22.0 Å². The van der Waals surface area contributed by atoms with Gasteiger partial charge in [0.1, 0.15) is 0 Å². The Bertz CT molecular complexity index is 534. The summed E-state index contributed by atoms with van der Waals surface area (Å²) in [6, 6.07) is 6.53. The standard InChI is InChI=1S/C14H17BrN2S/c1-9-3-5-11(15)7-12(9)13-8-18-14(17-13)6-4-10(2)16/h3,5,7-8,10H,4,6,16H2,1-2H3. The van der Waals surface area contributed by atoms with Gasteiger partial charge in [-0.05, 0) is 38.0 Å². The number of nitrogens with two attached hydrogens (primary N) is 1. The van der Waals surface area contributed by atoms with Gasteiger partial charge in [-0.2, -0.15) is 0 Å². The summed E-state index contributed by atoms with van der Waals surface area (Å²) in [6.07, 6.45) is 1.96. The molecule has 2 aromatic rings. The maximum absolute atomic E-state index is 5.77. The van der Waals surface area contributed by atoms with Gasteiger partial charge in [0, 0.05) is 27.9 Å². The molecule has 96 valence electrons. The topological polar surface area (TPSA) is 38.9 Å². The molecule has 0 saturated heterocycles. The second-order valence-electron chi connectivity index (χ2n) is 4.60. The quantitative estimate of drug-likeness (QED) is 0.917. The van der Waals surface area contributed by atoms with E-state index >= 15 is 0 Å². The molecule has 0 spiro atoms. The van der Waals surface area contributed by atoms with Crippen LogP contribution >= 0.6 is 27.3 Å². The molecule has 2 N–H and O–H groups in total. The summed E-state index contributed by atoms with van der Waals surface area (Å²) in [5.74, 6) is 0. The molecule has 1 aromatic carbocycles. The molecular formula is C14H17BrN2S. The number of hydrogen-bond donors (Lipinski definition) is 1. The molecule has 0 radical (unpaired) electrons. The van der Waals surface area contributed by atoms with Crippen LogP contribution in [0.3, 0.4) is 0 Å². The van der Waals surface area contributed by atoms with Crippen molar-refractivity contribution in [2.45, 2.75) is 32.7 Å². The van der Waals surface area contributed by atoms with Crippen molar-refractivity contribution in [2.24, 2.45) is 5.73 Å². The minimum Gasteiger partial charge on any atom is -0.328 e. The van der Waals surface area contributed by atoms with Crippen LogP contribution in [0.15, 0.2) is 28.1 Å². The lowest BCUT2D eigenvalue weighted by Gasteiger charge is -2.03. The van der Waals surface area contributed by atoms with E-state index in [1.807, 2.05) is 6.92 Å². The van der Waals surface area contributed by atoms with Crippen molar-refractivity contribution in [3.8, 4) is 11.3 Å². The number of halogens is 1. The van der Waals surface area contributed by atoms with Crippen molar-refractivity contribution in [3.63, 3.8) is 0 Å². The van der Waals surface area contributed by atoms with E-state index in [9.17, 15) is 0 Å². The van der Waals surface area contributed by atoms with E-state index < -0.39 is 0 Å². The first kappa shape index (κ1) is 13.7. The summed E-state index contributed by atoms with van der Waals surface area (Å²) in [7, 11) is 0. The number of thiazole rings is 1. The van der Waals surface area contributed by atoms with Gasteiger partial charge in [0.25, 0.3) is 0 Å². The molecule has 0 bridgehead atoms. The first-order valence-electron chi connectivity index (χ1n) is 6.03. The second-order valence-corrected chi connectivity index (χ2v) is 6.46. The zero-order chi connectivity index (χ0) is 13.1. The second kappa shape index (κ2) is 5.95. The average Bonchev–Trinajstić information content (AvgIpc) is 2.78. The van der Waals surface area contributed by atoms with E-state index in [0.29, 0.717) is 0 Å². The first-order chi connectivity index (χ1) is 8.56. The van der Waals surface area contributed by atoms with Crippen LogP contribution in [0.2, 0.25) is 0 Å². The molecule has 2 nitrogen and oxygen atoms in total. The molecule has 4 heteroatoms. The molecule has 0 fully saturated rings. The predicted molar refractivity (Wildman–Crippen MR) is 82.0 cm³/mol.